The van der Waals surface area contributed by atoms with Crippen molar-refractivity contribution in [3.05, 3.63) is 93.0 Å². The first-order valence-corrected chi connectivity index (χ1v) is 12.2. The lowest BCUT2D eigenvalue weighted by molar-refractivity contribution is -0.122. The summed E-state index contributed by atoms with van der Waals surface area (Å²) in [6.45, 7) is 6.32. The zero-order chi connectivity index (χ0) is 25.8. The summed E-state index contributed by atoms with van der Waals surface area (Å²) < 4.78 is 12.7. The number of ether oxygens (including phenoxy) is 2. The largest absolute Gasteiger partial charge is 0.490 e. The predicted molar refractivity (Wildman–Crippen MR) is 141 cm³/mol. The van der Waals surface area contributed by atoms with Gasteiger partial charge in [-0.15, -0.1) is 0 Å². The number of nitrogens with zero attached hydrogens (tertiary/aromatic N) is 1. The molecule has 1 aliphatic rings. The summed E-state index contributed by atoms with van der Waals surface area (Å²) >= 11 is 3.51. The number of imide groups is 2. The van der Waals surface area contributed by atoms with Gasteiger partial charge in [0.2, 0.25) is 0 Å². The van der Waals surface area contributed by atoms with Crippen LogP contribution in [0, 0.1) is 13.8 Å². The van der Waals surface area contributed by atoms with Crippen molar-refractivity contribution < 1.29 is 23.9 Å². The Morgan fingerprint density at radius 2 is 1.72 bits per heavy atom. The molecule has 8 heteroatoms. The summed E-state index contributed by atoms with van der Waals surface area (Å²) in [5, 5.41) is 2.26. The van der Waals surface area contributed by atoms with E-state index >= 15 is 0 Å². The lowest BCUT2D eigenvalue weighted by Gasteiger charge is -2.27. The highest BCUT2D eigenvalue weighted by Gasteiger charge is 2.37. The van der Waals surface area contributed by atoms with Crippen molar-refractivity contribution in [1.29, 1.82) is 0 Å². The van der Waals surface area contributed by atoms with Gasteiger partial charge >= 0.3 is 6.03 Å². The Bertz CT molecular complexity index is 1380. The molecule has 1 saturated heterocycles. The molecule has 184 valence electrons. The molecular weight excluding hydrogens is 524 g/mol. The molecule has 4 amide bonds. The molecule has 1 N–H and O–H groups in total. The quantitative estimate of drug-likeness (QED) is 0.302. The topological polar surface area (TPSA) is 84.9 Å². The number of urea groups is 1. The first kappa shape index (κ1) is 25.2. The third-order valence-electron chi connectivity index (χ3n) is 5.61. The zero-order valence-corrected chi connectivity index (χ0v) is 21.7. The molecule has 7 nitrogen and oxygen atoms in total. The second-order valence-corrected chi connectivity index (χ2v) is 9.12. The number of rotatable bonds is 7. The van der Waals surface area contributed by atoms with Crippen molar-refractivity contribution in [2.45, 2.75) is 27.4 Å². The molecule has 0 atom stereocenters. The normalized spacial score (nSPS) is 14.7. The Kier molecular flexibility index (Phi) is 7.55. The van der Waals surface area contributed by atoms with Gasteiger partial charge in [0.05, 0.1) is 12.3 Å². The van der Waals surface area contributed by atoms with Crippen molar-refractivity contribution in [2.24, 2.45) is 0 Å². The number of halogens is 1. The number of hydrogen-bond donors (Lipinski definition) is 1. The number of amides is 4. The molecule has 1 fully saturated rings. The predicted octanol–water partition coefficient (Wildman–Crippen LogP) is 5.71. The molecule has 0 saturated carbocycles. The van der Waals surface area contributed by atoms with Crippen LogP contribution in [0.4, 0.5) is 10.5 Å². The van der Waals surface area contributed by atoms with Crippen LogP contribution < -0.4 is 19.7 Å². The standard InChI is InChI=1S/C28H25BrN2O5/c1-4-35-25-15-19(10-12-24(25)36-16-20-7-5-6-8-22(20)29)14-21-26(32)30-28(34)31(27(21)33)23-11-9-17(2)13-18(23)3/h5-15H,4,16H2,1-3H3,(H,30,32,34)/b21-14+. The molecule has 1 aliphatic heterocycles. The second-order valence-electron chi connectivity index (χ2n) is 8.27. The molecular formula is C28H25BrN2O5. The van der Waals surface area contributed by atoms with Gasteiger partial charge in [-0.1, -0.05) is 57.9 Å². The lowest BCUT2D eigenvalue weighted by Crippen LogP contribution is -2.54. The highest BCUT2D eigenvalue weighted by Crippen LogP contribution is 2.32. The molecule has 1 heterocycles. The van der Waals surface area contributed by atoms with Gasteiger partial charge in [0.15, 0.2) is 11.5 Å². The highest BCUT2D eigenvalue weighted by molar-refractivity contribution is 9.10. The molecule has 4 rings (SSSR count). The maximum Gasteiger partial charge on any atom is 0.335 e. The van der Waals surface area contributed by atoms with Crippen molar-refractivity contribution in [3.8, 4) is 11.5 Å². The van der Waals surface area contributed by atoms with Crippen LogP contribution >= 0.6 is 15.9 Å². The second kappa shape index (κ2) is 10.8. The van der Waals surface area contributed by atoms with Gasteiger partial charge in [-0.2, -0.15) is 0 Å². The Labute approximate surface area is 217 Å². The van der Waals surface area contributed by atoms with E-state index < -0.39 is 17.8 Å². The minimum absolute atomic E-state index is 0.154. The summed E-state index contributed by atoms with van der Waals surface area (Å²) in [6, 6.07) is 17.5. The number of hydrogen-bond acceptors (Lipinski definition) is 5. The molecule has 0 radical (unpaired) electrons. The molecule has 0 unspecified atom stereocenters. The van der Waals surface area contributed by atoms with E-state index in [0.717, 1.165) is 26.1 Å². The van der Waals surface area contributed by atoms with Gasteiger partial charge in [-0.05, 0) is 62.2 Å². The van der Waals surface area contributed by atoms with Crippen LogP contribution in [0.2, 0.25) is 0 Å². The fraction of sp³-hybridized carbons (Fsp3) is 0.179. The third kappa shape index (κ3) is 5.33. The van der Waals surface area contributed by atoms with Crippen molar-refractivity contribution in [1.82, 2.24) is 5.32 Å². The van der Waals surface area contributed by atoms with Crippen LogP contribution in [0.25, 0.3) is 6.08 Å². The van der Waals surface area contributed by atoms with E-state index in [1.54, 1.807) is 24.3 Å². The maximum atomic E-state index is 13.3. The van der Waals surface area contributed by atoms with E-state index in [4.69, 9.17) is 9.47 Å². The summed E-state index contributed by atoms with van der Waals surface area (Å²) in [5.41, 5.74) is 3.55. The van der Waals surface area contributed by atoms with E-state index in [0.29, 0.717) is 36.0 Å². The molecule has 3 aromatic rings. The number of anilines is 1. The van der Waals surface area contributed by atoms with Gasteiger partial charge in [0, 0.05) is 10.0 Å². The average Bonchev–Trinajstić information content (AvgIpc) is 2.83. The summed E-state index contributed by atoms with van der Waals surface area (Å²) in [5.74, 6) is -0.438. The Morgan fingerprint density at radius 3 is 2.44 bits per heavy atom. The zero-order valence-electron chi connectivity index (χ0n) is 20.1. The van der Waals surface area contributed by atoms with Gasteiger partial charge in [-0.25, -0.2) is 9.69 Å². The number of benzene rings is 3. The SMILES string of the molecule is CCOc1cc(/C=C2\C(=O)NC(=O)N(c3ccc(C)cc3C)C2=O)ccc1OCc1ccccc1Br. The highest BCUT2D eigenvalue weighted by atomic mass is 79.9. The minimum Gasteiger partial charge on any atom is -0.490 e. The Morgan fingerprint density at radius 1 is 0.944 bits per heavy atom. The van der Waals surface area contributed by atoms with E-state index in [1.165, 1.54) is 6.08 Å². The van der Waals surface area contributed by atoms with E-state index in [-0.39, 0.29) is 5.57 Å². The molecule has 0 bridgehead atoms. The fourth-order valence-corrected chi connectivity index (χ4v) is 4.27. The monoisotopic (exact) mass is 548 g/mol. The first-order valence-electron chi connectivity index (χ1n) is 11.4. The number of barbiturate groups is 1. The molecule has 0 spiro atoms. The van der Waals surface area contributed by atoms with E-state index in [1.807, 2.05) is 57.2 Å². The van der Waals surface area contributed by atoms with Crippen molar-refractivity contribution in [3.63, 3.8) is 0 Å². The van der Waals surface area contributed by atoms with Gasteiger partial charge in [0.1, 0.15) is 12.2 Å². The molecule has 36 heavy (non-hydrogen) atoms. The van der Waals surface area contributed by atoms with Gasteiger partial charge in [0.25, 0.3) is 11.8 Å². The van der Waals surface area contributed by atoms with Crippen LogP contribution in [0.3, 0.4) is 0 Å². The molecule has 0 aromatic heterocycles. The number of carbonyl (C=O) groups excluding carboxylic acids is 3. The van der Waals surface area contributed by atoms with E-state index in [2.05, 4.69) is 21.2 Å². The average molecular weight is 549 g/mol. The Hall–Kier alpha value is -3.91. The minimum atomic E-state index is -0.778. The molecule has 0 aliphatic carbocycles. The van der Waals surface area contributed by atoms with Crippen LogP contribution in [-0.2, 0) is 16.2 Å². The van der Waals surface area contributed by atoms with Crippen LogP contribution in [-0.4, -0.2) is 24.5 Å². The van der Waals surface area contributed by atoms with Crippen LogP contribution in [0.15, 0.2) is 70.7 Å². The third-order valence-corrected chi connectivity index (χ3v) is 6.39. The van der Waals surface area contributed by atoms with Crippen LogP contribution in [0.1, 0.15) is 29.2 Å². The Balaban J connectivity index is 1.63. The van der Waals surface area contributed by atoms with Crippen molar-refractivity contribution >= 4 is 45.5 Å². The first-order chi connectivity index (χ1) is 17.3. The fourth-order valence-electron chi connectivity index (χ4n) is 3.87. The number of nitrogens with one attached hydrogen (secondary N) is 1. The van der Waals surface area contributed by atoms with E-state index in [9.17, 15) is 14.4 Å². The summed E-state index contributed by atoms with van der Waals surface area (Å²) in [4.78, 5) is 39.4. The molecule has 3 aromatic carbocycles. The summed E-state index contributed by atoms with van der Waals surface area (Å²) in [6.07, 6.45) is 1.45. The summed E-state index contributed by atoms with van der Waals surface area (Å²) in [7, 11) is 0. The smallest absolute Gasteiger partial charge is 0.335 e. The van der Waals surface area contributed by atoms with Crippen molar-refractivity contribution in [2.75, 3.05) is 11.5 Å². The number of carbonyl (C=O) groups is 3. The van der Waals surface area contributed by atoms with Gasteiger partial charge < -0.3 is 9.47 Å². The van der Waals surface area contributed by atoms with Gasteiger partial charge in [-0.3, -0.25) is 14.9 Å². The maximum absolute atomic E-state index is 13.3. The lowest BCUT2D eigenvalue weighted by atomic mass is 10.0. The number of aryl methyl sites for hydroxylation is 2. The van der Waals surface area contributed by atoms with Crippen LogP contribution in [0.5, 0.6) is 11.5 Å².